The van der Waals surface area contributed by atoms with Crippen LogP contribution < -0.4 is 10.1 Å². The van der Waals surface area contributed by atoms with Gasteiger partial charge in [0, 0.05) is 24.3 Å². The minimum atomic E-state index is -0.161. The number of carbonyl (C=O) groups is 1. The second-order valence-corrected chi connectivity index (χ2v) is 7.47. The standard InChI is InChI=1S/C25H26N2O2S/c1-3-16-27(18-20-9-5-4-6-10-20)25(30)29-23-14-12-21(13-15-23)24(28)26-22-11-7-8-19(2)17-22/h4-15,17H,3,16,18H2,1-2H3,(H,26,28). The van der Waals surface area contributed by atoms with Crippen LogP contribution in [-0.2, 0) is 6.54 Å². The van der Waals surface area contributed by atoms with E-state index in [1.165, 1.54) is 5.56 Å². The van der Waals surface area contributed by atoms with Gasteiger partial charge in [-0.3, -0.25) is 4.79 Å². The van der Waals surface area contributed by atoms with Crippen molar-refractivity contribution in [3.63, 3.8) is 0 Å². The number of carbonyl (C=O) groups excluding carboxylic acids is 1. The van der Waals surface area contributed by atoms with Gasteiger partial charge in [-0.25, -0.2) is 0 Å². The molecule has 0 aliphatic rings. The van der Waals surface area contributed by atoms with Gasteiger partial charge < -0.3 is 15.0 Å². The van der Waals surface area contributed by atoms with Crippen LogP contribution in [0.2, 0.25) is 0 Å². The van der Waals surface area contributed by atoms with Crippen LogP contribution in [0.4, 0.5) is 5.69 Å². The molecule has 154 valence electrons. The van der Waals surface area contributed by atoms with Gasteiger partial charge in [0.05, 0.1) is 0 Å². The molecule has 0 saturated heterocycles. The van der Waals surface area contributed by atoms with E-state index in [9.17, 15) is 4.79 Å². The predicted molar refractivity (Wildman–Crippen MR) is 126 cm³/mol. The largest absolute Gasteiger partial charge is 0.432 e. The van der Waals surface area contributed by atoms with Crippen molar-refractivity contribution in [2.24, 2.45) is 0 Å². The summed E-state index contributed by atoms with van der Waals surface area (Å²) in [4.78, 5) is 14.5. The molecule has 0 bridgehead atoms. The third-order valence-electron chi connectivity index (χ3n) is 4.57. The van der Waals surface area contributed by atoms with Gasteiger partial charge >= 0.3 is 0 Å². The van der Waals surface area contributed by atoms with Crippen molar-refractivity contribution in [1.82, 2.24) is 4.90 Å². The molecule has 0 unspecified atom stereocenters. The van der Waals surface area contributed by atoms with E-state index in [4.69, 9.17) is 17.0 Å². The van der Waals surface area contributed by atoms with Crippen LogP contribution in [0.5, 0.6) is 5.75 Å². The number of anilines is 1. The van der Waals surface area contributed by atoms with E-state index in [0.29, 0.717) is 23.0 Å². The molecule has 3 aromatic rings. The van der Waals surface area contributed by atoms with Crippen molar-refractivity contribution < 1.29 is 9.53 Å². The SMILES string of the molecule is CCCN(Cc1ccccc1)C(=S)Oc1ccc(C(=O)Nc2cccc(C)c2)cc1. The molecule has 0 aliphatic heterocycles. The van der Waals surface area contributed by atoms with Gasteiger partial charge in [-0.15, -0.1) is 0 Å². The highest BCUT2D eigenvalue weighted by molar-refractivity contribution is 7.80. The first kappa shape index (κ1) is 21.5. The topological polar surface area (TPSA) is 41.6 Å². The van der Waals surface area contributed by atoms with Crippen LogP contribution in [0.15, 0.2) is 78.9 Å². The summed E-state index contributed by atoms with van der Waals surface area (Å²) >= 11 is 5.53. The average Bonchev–Trinajstić information content (AvgIpc) is 2.74. The summed E-state index contributed by atoms with van der Waals surface area (Å²) < 4.78 is 5.90. The normalized spacial score (nSPS) is 10.3. The number of rotatable bonds is 7. The van der Waals surface area contributed by atoms with Crippen molar-refractivity contribution in [2.75, 3.05) is 11.9 Å². The lowest BCUT2D eigenvalue weighted by atomic mass is 10.2. The molecule has 0 fully saturated rings. The van der Waals surface area contributed by atoms with Crippen molar-refractivity contribution >= 4 is 29.0 Å². The number of hydrogen-bond donors (Lipinski definition) is 1. The van der Waals surface area contributed by atoms with Crippen LogP contribution in [0, 0.1) is 6.92 Å². The Labute approximate surface area is 183 Å². The maximum atomic E-state index is 12.5. The lowest BCUT2D eigenvalue weighted by molar-refractivity contribution is 0.102. The highest BCUT2D eigenvalue weighted by Gasteiger charge is 2.13. The molecule has 3 aromatic carbocycles. The lowest BCUT2D eigenvalue weighted by Gasteiger charge is -2.24. The Hall–Kier alpha value is -3.18. The molecule has 1 N–H and O–H groups in total. The molecule has 0 aliphatic carbocycles. The quantitative estimate of drug-likeness (QED) is 0.491. The Morgan fingerprint density at radius 1 is 1.00 bits per heavy atom. The summed E-state index contributed by atoms with van der Waals surface area (Å²) in [5.41, 5.74) is 3.61. The van der Waals surface area contributed by atoms with E-state index in [2.05, 4.69) is 24.4 Å². The minimum absolute atomic E-state index is 0.161. The Kier molecular flexibility index (Phi) is 7.57. The summed E-state index contributed by atoms with van der Waals surface area (Å²) in [5, 5.41) is 3.34. The number of thiocarbonyl (C=S) groups is 1. The number of ether oxygens (including phenoxy) is 1. The van der Waals surface area contributed by atoms with Crippen molar-refractivity contribution in [1.29, 1.82) is 0 Å². The van der Waals surface area contributed by atoms with Crippen molar-refractivity contribution in [3.8, 4) is 5.75 Å². The summed E-state index contributed by atoms with van der Waals surface area (Å²) in [6.45, 7) is 5.61. The van der Waals surface area contributed by atoms with Crippen LogP contribution in [0.1, 0.15) is 34.8 Å². The van der Waals surface area contributed by atoms with Gasteiger partial charge in [-0.05, 0) is 73.1 Å². The van der Waals surface area contributed by atoms with E-state index in [1.807, 2.05) is 54.3 Å². The van der Waals surface area contributed by atoms with Gasteiger partial charge in [0.1, 0.15) is 5.75 Å². The van der Waals surface area contributed by atoms with Crippen LogP contribution >= 0.6 is 12.2 Å². The van der Waals surface area contributed by atoms with E-state index in [-0.39, 0.29) is 5.91 Å². The number of aryl methyl sites for hydroxylation is 1. The second kappa shape index (κ2) is 10.6. The van der Waals surface area contributed by atoms with Crippen LogP contribution in [0.25, 0.3) is 0 Å². The summed E-state index contributed by atoms with van der Waals surface area (Å²) in [5.74, 6) is 0.452. The number of nitrogens with one attached hydrogen (secondary N) is 1. The average molecular weight is 419 g/mol. The van der Waals surface area contributed by atoms with Crippen molar-refractivity contribution in [2.45, 2.75) is 26.8 Å². The zero-order chi connectivity index (χ0) is 21.3. The Balaban J connectivity index is 1.62. The molecule has 5 heteroatoms. The van der Waals surface area contributed by atoms with E-state index in [0.717, 1.165) is 24.2 Å². The number of amides is 1. The van der Waals surface area contributed by atoms with Gasteiger partial charge in [-0.1, -0.05) is 49.4 Å². The molecule has 4 nitrogen and oxygen atoms in total. The second-order valence-electron chi connectivity index (χ2n) is 7.12. The first-order chi connectivity index (χ1) is 14.5. The minimum Gasteiger partial charge on any atom is -0.432 e. The Morgan fingerprint density at radius 3 is 2.40 bits per heavy atom. The summed E-state index contributed by atoms with van der Waals surface area (Å²) in [7, 11) is 0. The fourth-order valence-electron chi connectivity index (χ4n) is 3.07. The smallest absolute Gasteiger partial charge is 0.265 e. The zero-order valence-corrected chi connectivity index (χ0v) is 18.1. The van der Waals surface area contributed by atoms with Gasteiger partial charge in [0.15, 0.2) is 0 Å². The Morgan fingerprint density at radius 2 is 1.73 bits per heavy atom. The first-order valence-electron chi connectivity index (χ1n) is 10.0. The van der Waals surface area contributed by atoms with E-state index >= 15 is 0 Å². The summed E-state index contributed by atoms with van der Waals surface area (Å²) in [6.07, 6.45) is 0.967. The highest BCUT2D eigenvalue weighted by atomic mass is 32.1. The van der Waals surface area contributed by atoms with Gasteiger partial charge in [-0.2, -0.15) is 0 Å². The van der Waals surface area contributed by atoms with E-state index in [1.54, 1.807) is 24.3 Å². The number of benzene rings is 3. The number of hydrogen-bond acceptors (Lipinski definition) is 3. The Bertz CT molecular complexity index is 988. The predicted octanol–water partition coefficient (Wildman–Crippen LogP) is 5.82. The molecular formula is C25H26N2O2S. The molecule has 0 atom stereocenters. The van der Waals surface area contributed by atoms with E-state index < -0.39 is 0 Å². The lowest BCUT2D eigenvalue weighted by Crippen LogP contribution is -2.33. The monoisotopic (exact) mass is 418 g/mol. The van der Waals surface area contributed by atoms with Crippen LogP contribution in [0.3, 0.4) is 0 Å². The molecule has 0 radical (unpaired) electrons. The van der Waals surface area contributed by atoms with Crippen molar-refractivity contribution in [3.05, 3.63) is 95.6 Å². The molecule has 0 aromatic heterocycles. The first-order valence-corrected chi connectivity index (χ1v) is 10.4. The molecular weight excluding hydrogens is 392 g/mol. The number of nitrogens with zero attached hydrogens (tertiary/aromatic N) is 1. The highest BCUT2D eigenvalue weighted by Crippen LogP contribution is 2.17. The molecule has 0 spiro atoms. The molecule has 0 heterocycles. The third kappa shape index (κ3) is 6.16. The fourth-order valence-corrected chi connectivity index (χ4v) is 3.33. The third-order valence-corrected chi connectivity index (χ3v) is 4.91. The molecule has 0 saturated carbocycles. The maximum absolute atomic E-state index is 12.5. The zero-order valence-electron chi connectivity index (χ0n) is 17.3. The van der Waals surface area contributed by atoms with Gasteiger partial charge in [0.2, 0.25) is 0 Å². The molecule has 30 heavy (non-hydrogen) atoms. The fraction of sp³-hybridized carbons (Fsp3) is 0.200. The van der Waals surface area contributed by atoms with Gasteiger partial charge in [0.25, 0.3) is 11.1 Å². The molecule has 3 rings (SSSR count). The summed E-state index contributed by atoms with van der Waals surface area (Å²) in [6, 6.07) is 24.9. The maximum Gasteiger partial charge on any atom is 0.265 e. The van der Waals surface area contributed by atoms with Crippen LogP contribution in [-0.4, -0.2) is 22.5 Å². The molecule has 1 amide bonds.